The minimum atomic E-state index is -3.83. The summed E-state index contributed by atoms with van der Waals surface area (Å²) in [6.07, 6.45) is 1.14. The van der Waals surface area contributed by atoms with Gasteiger partial charge in [-0.25, -0.2) is 18.1 Å². The maximum Gasteiger partial charge on any atom is 0.307 e. The first kappa shape index (κ1) is 22.9. The molecule has 1 heterocycles. The lowest BCUT2D eigenvalue weighted by atomic mass is 10.1. The molecule has 0 aliphatic heterocycles. The van der Waals surface area contributed by atoms with E-state index < -0.39 is 28.5 Å². The minimum absolute atomic E-state index is 0.129. The molecule has 0 unspecified atom stereocenters. The second-order valence-corrected chi connectivity index (χ2v) is 8.65. The Bertz CT molecular complexity index is 990. The molecule has 9 nitrogen and oxygen atoms in total. The summed E-state index contributed by atoms with van der Waals surface area (Å²) < 4.78 is 33.0. The lowest BCUT2D eigenvalue weighted by Crippen LogP contribution is -2.28. The van der Waals surface area contributed by atoms with Gasteiger partial charge in [-0.2, -0.15) is 0 Å². The van der Waals surface area contributed by atoms with Gasteiger partial charge in [0.1, 0.15) is 5.82 Å². The maximum absolute atomic E-state index is 12.1. The summed E-state index contributed by atoms with van der Waals surface area (Å²) >= 11 is 6.12. The number of sulfonamides is 1. The summed E-state index contributed by atoms with van der Waals surface area (Å²) in [5.74, 6) is -0.719. The summed E-state index contributed by atoms with van der Waals surface area (Å²) in [5, 5.41) is 2.86. The molecule has 2 rings (SSSR count). The number of hydrogen-bond donors (Lipinski definition) is 2. The molecule has 0 aliphatic rings. The summed E-state index contributed by atoms with van der Waals surface area (Å²) in [6, 6.07) is 3.58. The van der Waals surface area contributed by atoms with E-state index in [1.807, 2.05) is 13.0 Å². The third-order valence-corrected chi connectivity index (χ3v) is 5.67. The number of anilines is 1. The Morgan fingerprint density at radius 1 is 1.24 bits per heavy atom. The predicted molar refractivity (Wildman–Crippen MR) is 108 cm³/mol. The SMILES string of the molecule is Cc1cc(C)c(NC(=O)COC(=O)CCNS(=O)(=O)c2cn(C)c(C)n2)c(Cl)c1. The van der Waals surface area contributed by atoms with Crippen molar-refractivity contribution < 1.29 is 22.7 Å². The van der Waals surface area contributed by atoms with Gasteiger partial charge in [0.05, 0.1) is 17.1 Å². The number of nitrogens with zero attached hydrogens (tertiary/aromatic N) is 2. The highest BCUT2D eigenvalue weighted by molar-refractivity contribution is 7.89. The normalized spacial score (nSPS) is 11.3. The number of hydrogen-bond acceptors (Lipinski definition) is 6. The molecule has 0 fully saturated rings. The molecule has 1 aromatic heterocycles. The smallest absolute Gasteiger partial charge is 0.307 e. The van der Waals surface area contributed by atoms with E-state index in [4.69, 9.17) is 16.3 Å². The third kappa shape index (κ3) is 6.28. The molecule has 0 bridgehead atoms. The molecule has 0 atom stereocenters. The van der Waals surface area contributed by atoms with Crippen LogP contribution in [-0.2, 0) is 31.4 Å². The number of benzene rings is 1. The van der Waals surface area contributed by atoms with Crippen LogP contribution >= 0.6 is 11.6 Å². The molecule has 0 saturated heterocycles. The van der Waals surface area contributed by atoms with Gasteiger partial charge in [0, 0.05) is 19.8 Å². The van der Waals surface area contributed by atoms with Gasteiger partial charge in [0.15, 0.2) is 11.6 Å². The zero-order valence-corrected chi connectivity index (χ0v) is 18.1. The van der Waals surface area contributed by atoms with Crippen LogP contribution in [0.25, 0.3) is 0 Å². The summed E-state index contributed by atoms with van der Waals surface area (Å²) in [6.45, 7) is 4.67. The number of imidazole rings is 1. The fourth-order valence-corrected chi connectivity index (χ4v) is 3.92. The van der Waals surface area contributed by atoms with Crippen molar-refractivity contribution in [1.82, 2.24) is 14.3 Å². The van der Waals surface area contributed by atoms with Crippen molar-refractivity contribution in [3.05, 3.63) is 40.3 Å². The van der Waals surface area contributed by atoms with Crippen molar-refractivity contribution in [3.8, 4) is 0 Å². The van der Waals surface area contributed by atoms with E-state index in [-0.39, 0.29) is 18.0 Å². The lowest BCUT2D eigenvalue weighted by molar-refractivity contribution is -0.147. The van der Waals surface area contributed by atoms with Gasteiger partial charge in [-0.05, 0) is 38.0 Å². The van der Waals surface area contributed by atoms with Crippen LogP contribution in [0.5, 0.6) is 0 Å². The Morgan fingerprint density at radius 2 is 1.93 bits per heavy atom. The monoisotopic (exact) mass is 442 g/mol. The van der Waals surface area contributed by atoms with Crippen LogP contribution in [-0.4, -0.2) is 43.0 Å². The number of amides is 1. The van der Waals surface area contributed by atoms with Crippen LogP contribution in [0.3, 0.4) is 0 Å². The first-order chi connectivity index (χ1) is 13.5. The van der Waals surface area contributed by atoms with Gasteiger partial charge in [-0.3, -0.25) is 9.59 Å². The number of halogens is 1. The van der Waals surface area contributed by atoms with Crippen molar-refractivity contribution in [2.24, 2.45) is 7.05 Å². The van der Waals surface area contributed by atoms with Crippen molar-refractivity contribution >= 4 is 39.2 Å². The molecule has 1 aromatic carbocycles. The number of rotatable bonds is 8. The lowest BCUT2D eigenvalue weighted by Gasteiger charge is -2.12. The molecule has 0 spiro atoms. The molecular weight excluding hydrogens is 420 g/mol. The van der Waals surface area contributed by atoms with E-state index in [9.17, 15) is 18.0 Å². The molecule has 11 heteroatoms. The molecule has 1 amide bonds. The van der Waals surface area contributed by atoms with Crippen LogP contribution in [0.2, 0.25) is 5.02 Å². The van der Waals surface area contributed by atoms with Crippen molar-refractivity contribution in [2.45, 2.75) is 32.2 Å². The Morgan fingerprint density at radius 3 is 2.52 bits per heavy atom. The van der Waals surface area contributed by atoms with Gasteiger partial charge in [-0.1, -0.05) is 17.7 Å². The van der Waals surface area contributed by atoms with Crippen LogP contribution < -0.4 is 10.0 Å². The molecule has 2 aromatic rings. The van der Waals surface area contributed by atoms with Crippen LogP contribution in [0.1, 0.15) is 23.4 Å². The number of nitrogens with one attached hydrogen (secondary N) is 2. The Kier molecular flexibility index (Phi) is 7.39. The molecule has 0 aliphatic carbocycles. The highest BCUT2D eigenvalue weighted by atomic mass is 35.5. The number of esters is 1. The van der Waals surface area contributed by atoms with Crippen LogP contribution in [0, 0.1) is 20.8 Å². The zero-order chi connectivity index (χ0) is 21.8. The molecule has 0 radical (unpaired) electrons. The molecule has 158 valence electrons. The standard InChI is InChI=1S/C18H23ClN4O5S/c1-11-7-12(2)18(14(19)8-11)22-15(24)10-28-17(25)5-6-20-29(26,27)16-9-23(4)13(3)21-16/h7-9,20H,5-6,10H2,1-4H3,(H,22,24). The van der Waals surface area contributed by atoms with E-state index in [1.54, 1.807) is 31.5 Å². The highest BCUT2D eigenvalue weighted by Crippen LogP contribution is 2.27. The average Bonchev–Trinajstić information content (AvgIpc) is 2.96. The van der Waals surface area contributed by atoms with Crippen LogP contribution in [0.4, 0.5) is 5.69 Å². The van der Waals surface area contributed by atoms with Gasteiger partial charge in [0.2, 0.25) is 0 Å². The average molecular weight is 443 g/mol. The van der Waals surface area contributed by atoms with Gasteiger partial charge < -0.3 is 14.6 Å². The zero-order valence-electron chi connectivity index (χ0n) is 16.6. The fraction of sp³-hybridized carbons (Fsp3) is 0.389. The Balaban J connectivity index is 1.79. The van der Waals surface area contributed by atoms with E-state index in [0.717, 1.165) is 11.1 Å². The van der Waals surface area contributed by atoms with E-state index in [1.165, 1.54) is 6.20 Å². The van der Waals surface area contributed by atoms with Crippen molar-refractivity contribution in [1.29, 1.82) is 0 Å². The summed E-state index contributed by atoms with van der Waals surface area (Å²) in [7, 11) is -2.15. The fourth-order valence-electron chi connectivity index (χ4n) is 2.48. The molecule has 29 heavy (non-hydrogen) atoms. The van der Waals surface area contributed by atoms with E-state index in [2.05, 4.69) is 15.0 Å². The number of carbonyl (C=O) groups excluding carboxylic acids is 2. The number of aryl methyl sites for hydroxylation is 4. The number of aromatic nitrogens is 2. The van der Waals surface area contributed by atoms with E-state index in [0.29, 0.717) is 16.5 Å². The third-order valence-electron chi connectivity index (χ3n) is 4.04. The molecule has 0 saturated carbocycles. The van der Waals surface area contributed by atoms with Gasteiger partial charge in [-0.15, -0.1) is 0 Å². The first-order valence-corrected chi connectivity index (χ1v) is 10.6. The van der Waals surface area contributed by atoms with Crippen molar-refractivity contribution in [3.63, 3.8) is 0 Å². The molecule has 2 N–H and O–H groups in total. The Hall–Kier alpha value is -2.43. The minimum Gasteiger partial charge on any atom is -0.456 e. The number of carbonyl (C=O) groups is 2. The van der Waals surface area contributed by atoms with Gasteiger partial charge >= 0.3 is 5.97 Å². The van der Waals surface area contributed by atoms with Crippen LogP contribution in [0.15, 0.2) is 23.4 Å². The van der Waals surface area contributed by atoms with Crippen molar-refractivity contribution in [2.75, 3.05) is 18.5 Å². The summed E-state index contributed by atoms with van der Waals surface area (Å²) in [5.41, 5.74) is 2.20. The maximum atomic E-state index is 12.1. The molecular formula is C18H23ClN4O5S. The van der Waals surface area contributed by atoms with Gasteiger partial charge in [0.25, 0.3) is 15.9 Å². The highest BCUT2D eigenvalue weighted by Gasteiger charge is 2.19. The first-order valence-electron chi connectivity index (χ1n) is 8.71. The Labute approximate surface area is 174 Å². The largest absolute Gasteiger partial charge is 0.456 e. The summed E-state index contributed by atoms with van der Waals surface area (Å²) in [4.78, 5) is 27.7. The second kappa shape index (κ2) is 9.38. The predicted octanol–water partition coefficient (Wildman–Crippen LogP) is 1.85. The topological polar surface area (TPSA) is 119 Å². The van der Waals surface area contributed by atoms with E-state index >= 15 is 0 Å². The quantitative estimate of drug-likeness (QED) is 0.602. The number of ether oxygens (including phenoxy) is 1. The second-order valence-electron chi connectivity index (χ2n) is 6.53.